The zero-order chi connectivity index (χ0) is 16.0. The number of nitrogens with one attached hydrogen (secondary N) is 1. The molecule has 0 aliphatic heterocycles. The molecule has 120 valence electrons. The van der Waals surface area contributed by atoms with Crippen LogP contribution in [0.3, 0.4) is 0 Å². The van der Waals surface area contributed by atoms with Crippen molar-refractivity contribution in [3.8, 4) is 0 Å². The molecular formula is C17H31N3O. The second kappa shape index (κ2) is 7.85. The molecular weight excluding hydrogens is 262 g/mol. The van der Waals surface area contributed by atoms with Gasteiger partial charge >= 0.3 is 0 Å². The average Bonchev–Trinajstić information content (AvgIpc) is 2.37. The fourth-order valence-corrected chi connectivity index (χ4v) is 2.51. The molecule has 0 saturated carbocycles. The summed E-state index contributed by atoms with van der Waals surface area (Å²) in [6.07, 6.45) is 0.906. The lowest BCUT2D eigenvalue weighted by Gasteiger charge is -2.29. The molecule has 1 aromatic heterocycles. The Bertz CT molecular complexity index is 429. The van der Waals surface area contributed by atoms with Gasteiger partial charge in [0.2, 0.25) is 0 Å². The number of ether oxygens (including phenoxy) is 1. The number of likely N-dealkylation sites (N-methyl/N-ethyl adjacent to an activating group) is 1. The molecule has 0 fully saturated rings. The zero-order valence-corrected chi connectivity index (χ0v) is 14.7. The van der Waals surface area contributed by atoms with Crippen LogP contribution in [-0.2, 0) is 11.2 Å². The summed E-state index contributed by atoms with van der Waals surface area (Å²) in [5.41, 5.74) is 3.39. The molecule has 0 saturated heterocycles. The first-order valence-corrected chi connectivity index (χ1v) is 7.97. The number of aromatic nitrogens is 2. The van der Waals surface area contributed by atoms with E-state index in [4.69, 9.17) is 14.7 Å². The largest absolute Gasteiger partial charge is 0.370 e. The minimum absolute atomic E-state index is 0.0137. The lowest BCUT2D eigenvalue weighted by molar-refractivity contribution is -0.0193. The molecule has 1 heterocycles. The highest BCUT2D eigenvalue weighted by molar-refractivity contribution is 5.25. The monoisotopic (exact) mass is 293 g/mol. The van der Waals surface area contributed by atoms with E-state index in [2.05, 4.69) is 46.9 Å². The van der Waals surface area contributed by atoms with Crippen LogP contribution in [0.4, 0.5) is 0 Å². The minimum atomic E-state index is -0.0669. The van der Waals surface area contributed by atoms with Crippen molar-refractivity contribution in [2.75, 3.05) is 19.7 Å². The summed E-state index contributed by atoms with van der Waals surface area (Å²) in [5, 5.41) is 3.35. The fourth-order valence-electron chi connectivity index (χ4n) is 2.51. The normalized spacial score (nSPS) is 13.5. The van der Waals surface area contributed by atoms with Crippen molar-refractivity contribution in [2.45, 2.75) is 61.0 Å². The third-order valence-electron chi connectivity index (χ3n) is 3.59. The van der Waals surface area contributed by atoms with Crippen LogP contribution in [0.1, 0.15) is 63.5 Å². The predicted octanol–water partition coefficient (Wildman–Crippen LogP) is 3.37. The second-order valence-electron chi connectivity index (χ2n) is 6.54. The zero-order valence-electron chi connectivity index (χ0n) is 14.7. The maximum absolute atomic E-state index is 5.90. The smallest absolute Gasteiger partial charge is 0.158 e. The highest BCUT2D eigenvalue weighted by Crippen LogP contribution is 2.34. The first-order chi connectivity index (χ1) is 9.81. The van der Waals surface area contributed by atoms with Crippen molar-refractivity contribution in [2.24, 2.45) is 5.41 Å². The summed E-state index contributed by atoms with van der Waals surface area (Å²) >= 11 is 0. The molecule has 1 unspecified atom stereocenters. The van der Waals surface area contributed by atoms with Crippen LogP contribution in [0.15, 0.2) is 0 Å². The van der Waals surface area contributed by atoms with E-state index in [1.807, 2.05) is 6.92 Å². The fraction of sp³-hybridized carbons (Fsp3) is 0.765. The van der Waals surface area contributed by atoms with Crippen LogP contribution < -0.4 is 5.32 Å². The third-order valence-corrected chi connectivity index (χ3v) is 3.59. The SMILES string of the molecule is CCNCCc1c(C)nc(C(OCC)C(C)(C)C)nc1C. The predicted molar refractivity (Wildman–Crippen MR) is 87.6 cm³/mol. The van der Waals surface area contributed by atoms with Gasteiger partial charge in [-0.2, -0.15) is 0 Å². The molecule has 0 aliphatic carbocycles. The van der Waals surface area contributed by atoms with E-state index in [0.717, 1.165) is 36.7 Å². The van der Waals surface area contributed by atoms with Gasteiger partial charge < -0.3 is 10.1 Å². The maximum atomic E-state index is 5.90. The molecule has 0 bridgehead atoms. The standard InChI is InChI=1S/C17H31N3O/c1-8-18-11-10-14-12(3)19-16(20-13(14)4)15(21-9-2)17(5,6)7/h15,18H,8-11H2,1-7H3. The summed E-state index contributed by atoms with van der Waals surface area (Å²) in [5.74, 6) is 0.812. The van der Waals surface area contributed by atoms with Crippen LogP contribution in [-0.4, -0.2) is 29.7 Å². The number of aryl methyl sites for hydroxylation is 2. The van der Waals surface area contributed by atoms with E-state index in [1.165, 1.54) is 5.56 Å². The van der Waals surface area contributed by atoms with Crippen LogP contribution in [0.5, 0.6) is 0 Å². The molecule has 0 spiro atoms. The van der Waals surface area contributed by atoms with Gasteiger partial charge in [0.15, 0.2) is 5.82 Å². The number of nitrogens with zero attached hydrogens (tertiary/aromatic N) is 2. The Morgan fingerprint density at radius 2 is 1.67 bits per heavy atom. The molecule has 0 aromatic carbocycles. The Morgan fingerprint density at radius 3 is 2.10 bits per heavy atom. The molecule has 0 radical (unpaired) electrons. The number of hydrogen-bond acceptors (Lipinski definition) is 4. The van der Waals surface area contributed by atoms with Crippen molar-refractivity contribution in [1.82, 2.24) is 15.3 Å². The van der Waals surface area contributed by atoms with Gasteiger partial charge in [0.25, 0.3) is 0 Å². The third kappa shape index (κ3) is 5.04. The van der Waals surface area contributed by atoms with E-state index in [1.54, 1.807) is 0 Å². The molecule has 1 N–H and O–H groups in total. The van der Waals surface area contributed by atoms with Gasteiger partial charge in [0.1, 0.15) is 6.10 Å². The molecule has 4 nitrogen and oxygen atoms in total. The summed E-state index contributed by atoms with van der Waals surface area (Å²) in [6, 6.07) is 0. The number of hydrogen-bond donors (Lipinski definition) is 1. The van der Waals surface area contributed by atoms with Gasteiger partial charge in [0, 0.05) is 18.0 Å². The Hall–Kier alpha value is -1.00. The summed E-state index contributed by atoms with van der Waals surface area (Å²) in [7, 11) is 0. The van der Waals surface area contributed by atoms with E-state index in [0.29, 0.717) is 6.61 Å². The number of rotatable bonds is 7. The summed E-state index contributed by atoms with van der Waals surface area (Å²) < 4.78 is 5.90. The lowest BCUT2D eigenvalue weighted by Crippen LogP contribution is -2.25. The molecule has 0 aliphatic rings. The Morgan fingerprint density at radius 1 is 1.10 bits per heavy atom. The van der Waals surface area contributed by atoms with Gasteiger partial charge in [-0.15, -0.1) is 0 Å². The highest BCUT2D eigenvalue weighted by atomic mass is 16.5. The van der Waals surface area contributed by atoms with Gasteiger partial charge in [0.05, 0.1) is 0 Å². The highest BCUT2D eigenvalue weighted by Gasteiger charge is 2.30. The Kier molecular flexibility index (Phi) is 6.75. The summed E-state index contributed by atoms with van der Waals surface area (Å²) in [6.45, 7) is 17.4. The van der Waals surface area contributed by atoms with E-state index in [9.17, 15) is 0 Å². The minimum Gasteiger partial charge on any atom is -0.370 e. The molecule has 4 heteroatoms. The topological polar surface area (TPSA) is 47.0 Å². The van der Waals surface area contributed by atoms with Crippen molar-refractivity contribution in [3.05, 3.63) is 22.8 Å². The van der Waals surface area contributed by atoms with E-state index in [-0.39, 0.29) is 11.5 Å². The van der Waals surface area contributed by atoms with Crippen LogP contribution in [0.25, 0.3) is 0 Å². The molecule has 21 heavy (non-hydrogen) atoms. The summed E-state index contributed by atoms with van der Waals surface area (Å²) in [4.78, 5) is 9.47. The van der Waals surface area contributed by atoms with Crippen LogP contribution in [0.2, 0.25) is 0 Å². The quantitative estimate of drug-likeness (QED) is 0.783. The van der Waals surface area contributed by atoms with E-state index < -0.39 is 0 Å². The van der Waals surface area contributed by atoms with Gasteiger partial charge in [-0.1, -0.05) is 27.7 Å². The van der Waals surface area contributed by atoms with Crippen molar-refractivity contribution >= 4 is 0 Å². The van der Waals surface area contributed by atoms with Crippen LogP contribution >= 0.6 is 0 Å². The molecule has 1 atom stereocenters. The second-order valence-corrected chi connectivity index (χ2v) is 6.54. The van der Waals surface area contributed by atoms with Crippen molar-refractivity contribution < 1.29 is 4.74 Å². The Labute approximate surface area is 129 Å². The van der Waals surface area contributed by atoms with Crippen molar-refractivity contribution in [1.29, 1.82) is 0 Å². The molecule has 0 amide bonds. The lowest BCUT2D eigenvalue weighted by atomic mass is 9.88. The van der Waals surface area contributed by atoms with Gasteiger partial charge in [-0.25, -0.2) is 9.97 Å². The van der Waals surface area contributed by atoms with Crippen LogP contribution in [0, 0.1) is 19.3 Å². The first-order valence-electron chi connectivity index (χ1n) is 7.97. The van der Waals surface area contributed by atoms with Gasteiger partial charge in [-0.3, -0.25) is 0 Å². The van der Waals surface area contributed by atoms with Gasteiger partial charge in [-0.05, 0) is 51.3 Å². The first kappa shape index (κ1) is 18.1. The average molecular weight is 293 g/mol. The van der Waals surface area contributed by atoms with Crippen molar-refractivity contribution in [3.63, 3.8) is 0 Å². The molecule has 1 aromatic rings. The Balaban J connectivity index is 3.05. The maximum Gasteiger partial charge on any atom is 0.158 e. The van der Waals surface area contributed by atoms with E-state index >= 15 is 0 Å². The molecule has 1 rings (SSSR count).